The summed E-state index contributed by atoms with van der Waals surface area (Å²) in [5.74, 6) is -0.233. The number of carbonyl (C=O) groups excluding carboxylic acids is 1. The molecule has 1 aromatic heterocycles. The molecule has 0 radical (unpaired) electrons. The van der Waals surface area contributed by atoms with Gasteiger partial charge in [0.15, 0.2) is 0 Å². The van der Waals surface area contributed by atoms with Crippen LogP contribution in [-0.2, 0) is 13.5 Å². The summed E-state index contributed by atoms with van der Waals surface area (Å²) in [6.45, 7) is 3.84. The van der Waals surface area contributed by atoms with E-state index in [0.717, 1.165) is 16.9 Å². The maximum atomic E-state index is 12.8. The molecule has 0 bridgehead atoms. The van der Waals surface area contributed by atoms with Gasteiger partial charge in [0.1, 0.15) is 5.56 Å². The zero-order valence-electron chi connectivity index (χ0n) is 12.0. The van der Waals surface area contributed by atoms with Crippen LogP contribution in [0, 0.1) is 6.92 Å². The van der Waals surface area contributed by atoms with Gasteiger partial charge in [0, 0.05) is 33.5 Å². The van der Waals surface area contributed by atoms with Gasteiger partial charge in [-0.15, -0.1) is 11.8 Å². The van der Waals surface area contributed by atoms with Gasteiger partial charge in [-0.05, 0) is 31.0 Å². The molecule has 2 aromatic rings. The van der Waals surface area contributed by atoms with Crippen LogP contribution in [0.2, 0.25) is 5.02 Å². The molecule has 0 spiro atoms. The van der Waals surface area contributed by atoms with Crippen LogP contribution in [0.5, 0.6) is 0 Å². The number of benzene rings is 1. The van der Waals surface area contributed by atoms with E-state index >= 15 is 0 Å². The number of hydrogen-bond acceptors (Lipinski definition) is 3. The molecule has 0 aliphatic carbocycles. The first-order valence-corrected chi connectivity index (χ1v) is 7.94. The van der Waals surface area contributed by atoms with Crippen molar-refractivity contribution in [2.24, 2.45) is 7.05 Å². The number of aromatic nitrogens is 2. The van der Waals surface area contributed by atoms with Crippen molar-refractivity contribution in [3.05, 3.63) is 49.9 Å². The summed E-state index contributed by atoms with van der Waals surface area (Å²) in [6, 6.07) is 3.47. The van der Waals surface area contributed by atoms with Crippen molar-refractivity contribution >= 4 is 29.1 Å². The average Bonchev–Trinajstić information content (AvgIpc) is 2.91. The topological polar surface area (TPSA) is 54.9 Å². The Morgan fingerprint density at radius 2 is 2.19 bits per heavy atom. The molecule has 4 nitrogen and oxygen atoms in total. The van der Waals surface area contributed by atoms with Gasteiger partial charge in [-0.1, -0.05) is 18.5 Å². The van der Waals surface area contributed by atoms with Crippen LogP contribution in [0.3, 0.4) is 0 Å². The zero-order valence-corrected chi connectivity index (χ0v) is 13.6. The number of nitrogens with zero attached hydrogens (tertiary/aromatic N) is 1. The quantitative estimate of drug-likeness (QED) is 0.865. The number of rotatable bonds is 2. The highest BCUT2D eigenvalue weighted by Crippen LogP contribution is 2.43. The number of aryl methyl sites for hydroxylation is 2. The lowest BCUT2D eigenvalue weighted by atomic mass is 10.00. The summed E-state index contributed by atoms with van der Waals surface area (Å²) in [6.07, 6.45) is 0.851. The predicted molar refractivity (Wildman–Crippen MR) is 84.7 cm³/mol. The van der Waals surface area contributed by atoms with Gasteiger partial charge in [-0.3, -0.25) is 19.4 Å². The summed E-state index contributed by atoms with van der Waals surface area (Å²) in [4.78, 5) is 25.8. The fraction of sp³-hybridized carbons (Fsp3) is 0.333. The smallest absolute Gasteiger partial charge is 0.277 e. The zero-order chi connectivity index (χ0) is 15.3. The van der Waals surface area contributed by atoms with Gasteiger partial charge >= 0.3 is 0 Å². The second-order valence-corrected chi connectivity index (χ2v) is 7.20. The Balaban J connectivity index is 2.16. The largest absolute Gasteiger partial charge is 0.299 e. The van der Waals surface area contributed by atoms with Gasteiger partial charge in [0.25, 0.3) is 5.56 Å². The fourth-order valence-electron chi connectivity index (χ4n) is 2.73. The third-order valence-corrected chi connectivity index (χ3v) is 5.34. The maximum Gasteiger partial charge on any atom is 0.277 e. The predicted octanol–water partition coefficient (Wildman–Crippen LogP) is 2.94. The molecule has 1 unspecified atom stereocenters. The number of fused-ring (bicyclic) bond motifs is 1. The number of H-pyrrole nitrogens is 1. The van der Waals surface area contributed by atoms with Crippen LogP contribution in [0.25, 0.3) is 0 Å². The molecular formula is C15H15ClN2O2S. The Labute approximate surface area is 131 Å². The Bertz CT molecular complexity index is 807. The molecule has 1 atom stereocenters. The van der Waals surface area contributed by atoms with Crippen LogP contribution < -0.4 is 5.56 Å². The molecule has 110 valence electrons. The summed E-state index contributed by atoms with van der Waals surface area (Å²) in [7, 11) is 1.61. The van der Waals surface area contributed by atoms with Crippen molar-refractivity contribution in [3.8, 4) is 0 Å². The minimum Gasteiger partial charge on any atom is -0.299 e. The monoisotopic (exact) mass is 322 g/mol. The van der Waals surface area contributed by atoms with E-state index in [4.69, 9.17) is 11.6 Å². The van der Waals surface area contributed by atoms with Crippen LogP contribution in [0.15, 0.2) is 21.8 Å². The lowest BCUT2D eigenvalue weighted by Gasteiger charge is -2.07. The van der Waals surface area contributed by atoms with E-state index in [9.17, 15) is 9.59 Å². The molecule has 1 aromatic carbocycles. The number of hydrogen-bond donors (Lipinski definition) is 1. The maximum absolute atomic E-state index is 12.8. The lowest BCUT2D eigenvalue weighted by molar-refractivity contribution is 0.103. The van der Waals surface area contributed by atoms with E-state index in [-0.39, 0.29) is 16.9 Å². The van der Waals surface area contributed by atoms with Crippen molar-refractivity contribution in [1.29, 1.82) is 0 Å². The van der Waals surface area contributed by atoms with Crippen LogP contribution >= 0.6 is 23.4 Å². The number of halogens is 1. The first-order valence-electron chi connectivity index (χ1n) is 6.68. The van der Waals surface area contributed by atoms with Gasteiger partial charge in [-0.25, -0.2) is 0 Å². The molecule has 0 saturated carbocycles. The third kappa shape index (κ3) is 2.24. The molecule has 0 fully saturated rings. The number of ketones is 1. The molecule has 0 amide bonds. The van der Waals surface area contributed by atoms with Crippen molar-refractivity contribution in [2.45, 2.75) is 30.4 Å². The molecule has 3 rings (SSSR count). The normalized spacial score (nSPS) is 17.0. The Morgan fingerprint density at radius 3 is 2.81 bits per heavy atom. The van der Waals surface area contributed by atoms with Crippen LogP contribution in [0.4, 0.5) is 0 Å². The van der Waals surface area contributed by atoms with Crippen LogP contribution in [0.1, 0.15) is 34.1 Å². The third-order valence-electron chi connectivity index (χ3n) is 3.71. The van der Waals surface area contributed by atoms with E-state index in [0.29, 0.717) is 21.5 Å². The van der Waals surface area contributed by atoms with E-state index in [1.165, 1.54) is 4.68 Å². The number of carbonyl (C=O) groups is 1. The van der Waals surface area contributed by atoms with Crippen molar-refractivity contribution in [3.63, 3.8) is 0 Å². The minimum absolute atomic E-state index is 0.210. The number of aromatic amines is 1. The fourth-order valence-corrected chi connectivity index (χ4v) is 4.29. The Morgan fingerprint density at radius 1 is 1.48 bits per heavy atom. The van der Waals surface area contributed by atoms with E-state index < -0.39 is 0 Å². The molecule has 1 N–H and O–H groups in total. The van der Waals surface area contributed by atoms with E-state index in [1.807, 2.05) is 0 Å². The Hall–Kier alpha value is -1.46. The van der Waals surface area contributed by atoms with Gasteiger partial charge < -0.3 is 0 Å². The highest BCUT2D eigenvalue weighted by Gasteiger charge is 2.29. The molecule has 1 aliphatic heterocycles. The van der Waals surface area contributed by atoms with Gasteiger partial charge in [0.2, 0.25) is 5.78 Å². The van der Waals surface area contributed by atoms with Crippen LogP contribution in [-0.4, -0.2) is 20.8 Å². The molecule has 6 heteroatoms. The number of thioether (sulfide) groups is 1. The summed E-state index contributed by atoms with van der Waals surface area (Å²) in [5, 5.41) is 3.95. The second kappa shape index (κ2) is 5.07. The number of nitrogens with one attached hydrogen (secondary N) is 1. The summed E-state index contributed by atoms with van der Waals surface area (Å²) >= 11 is 7.88. The molecule has 1 aliphatic rings. The Kier molecular flexibility index (Phi) is 3.50. The SMILES string of the molecule is Cc1[nH]n(C)c(=O)c1C(=O)c1ccc(Cl)c2c1SC(C)C2. The van der Waals surface area contributed by atoms with Crippen molar-refractivity contribution < 1.29 is 4.79 Å². The summed E-state index contributed by atoms with van der Waals surface area (Å²) < 4.78 is 1.33. The average molecular weight is 323 g/mol. The summed E-state index contributed by atoms with van der Waals surface area (Å²) in [5.41, 5.74) is 2.10. The van der Waals surface area contributed by atoms with Gasteiger partial charge in [-0.2, -0.15) is 0 Å². The van der Waals surface area contributed by atoms with Gasteiger partial charge in [0.05, 0.1) is 0 Å². The minimum atomic E-state index is -0.294. The van der Waals surface area contributed by atoms with Crippen molar-refractivity contribution in [1.82, 2.24) is 9.78 Å². The molecular weight excluding hydrogens is 308 g/mol. The lowest BCUT2D eigenvalue weighted by Crippen LogP contribution is -2.20. The molecule has 2 heterocycles. The molecule has 21 heavy (non-hydrogen) atoms. The van der Waals surface area contributed by atoms with E-state index in [2.05, 4.69) is 12.0 Å². The highest BCUT2D eigenvalue weighted by molar-refractivity contribution is 8.00. The molecule has 0 saturated heterocycles. The standard InChI is InChI=1S/C15H15ClN2O2S/c1-7-6-10-11(16)5-4-9(14(10)21-7)13(19)12-8(2)17-18(3)15(12)20/h4-5,7,17H,6H2,1-3H3. The first kappa shape index (κ1) is 14.5. The highest BCUT2D eigenvalue weighted by atomic mass is 35.5. The van der Waals surface area contributed by atoms with E-state index in [1.54, 1.807) is 37.9 Å². The second-order valence-electron chi connectivity index (χ2n) is 5.34. The van der Waals surface area contributed by atoms with Crippen molar-refractivity contribution in [2.75, 3.05) is 0 Å². The first-order chi connectivity index (χ1) is 9.90.